The Morgan fingerprint density at radius 3 is 2.88 bits per heavy atom. The van der Waals surface area contributed by atoms with E-state index in [9.17, 15) is 9.59 Å². The highest BCUT2D eigenvalue weighted by molar-refractivity contribution is 5.77. The summed E-state index contributed by atoms with van der Waals surface area (Å²) in [5.41, 5.74) is 0.620. The molecule has 6 heteroatoms. The van der Waals surface area contributed by atoms with Crippen molar-refractivity contribution in [2.75, 3.05) is 19.6 Å². The second-order valence-corrected chi connectivity index (χ2v) is 7.11. The third-order valence-electron chi connectivity index (χ3n) is 5.28. The Labute approximate surface area is 154 Å². The van der Waals surface area contributed by atoms with Gasteiger partial charge in [0.1, 0.15) is 5.82 Å². The van der Waals surface area contributed by atoms with E-state index in [1.807, 2.05) is 25.1 Å². The maximum Gasteiger partial charge on any atom is 0.261 e. The fourth-order valence-electron chi connectivity index (χ4n) is 3.67. The van der Waals surface area contributed by atoms with Crippen molar-refractivity contribution in [2.45, 2.75) is 52.1 Å². The molecule has 1 atom stereocenters. The van der Waals surface area contributed by atoms with Crippen LogP contribution in [0.1, 0.15) is 38.4 Å². The molecule has 1 aliphatic heterocycles. The topological polar surface area (TPSA) is 67.2 Å². The van der Waals surface area contributed by atoms with Crippen LogP contribution in [0.3, 0.4) is 0 Å². The van der Waals surface area contributed by atoms with Crippen molar-refractivity contribution < 1.29 is 4.79 Å². The average molecular weight is 356 g/mol. The molecule has 1 aromatic carbocycles. The molecular weight excluding hydrogens is 328 g/mol. The van der Waals surface area contributed by atoms with E-state index < -0.39 is 0 Å². The first-order valence-corrected chi connectivity index (χ1v) is 9.53. The van der Waals surface area contributed by atoms with E-state index in [-0.39, 0.29) is 17.9 Å². The molecule has 1 N–H and O–H groups in total. The minimum absolute atomic E-state index is 0.0193. The number of para-hydroxylation sites is 1. The van der Waals surface area contributed by atoms with Gasteiger partial charge in [-0.05, 0) is 45.4 Å². The number of rotatable bonds is 6. The largest absolute Gasteiger partial charge is 0.355 e. The van der Waals surface area contributed by atoms with Gasteiger partial charge in [0.05, 0.1) is 10.9 Å². The number of fused-ring (bicyclic) bond motifs is 1. The zero-order chi connectivity index (χ0) is 18.5. The Balaban J connectivity index is 1.53. The highest BCUT2D eigenvalue weighted by Crippen LogP contribution is 2.15. The minimum atomic E-state index is -0.0805. The Bertz CT molecular complexity index is 830. The van der Waals surface area contributed by atoms with Gasteiger partial charge in [-0.1, -0.05) is 18.6 Å². The Hall–Kier alpha value is -2.21. The van der Waals surface area contributed by atoms with Crippen LogP contribution in [0.5, 0.6) is 0 Å². The van der Waals surface area contributed by atoms with Crippen molar-refractivity contribution in [1.29, 1.82) is 0 Å². The summed E-state index contributed by atoms with van der Waals surface area (Å²) in [5, 5.41) is 3.58. The third kappa shape index (κ3) is 4.30. The second-order valence-electron chi connectivity index (χ2n) is 7.11. The molecule has 140 valence electrons. The summed E-state index contributed by atoms with van der Waals surface area (Å²) in [6.07, 6.45) is 4.08. The smallest absolute Gasteiger partial charge is 0.261 e. The van der Waals surface area contributed by atoms with Crippen LogP contribution < -0.4 is 10.9 Å². The van der Waals surface area contributed by atoms with Gasteiger partial charge in [0.15, 0.2) is 0 Å². The van der Waals surface area contributed by atoms with Gasteiger partial charge in [-0.25, -0.2) is 4.98 Å². The molecule has 0 radical (unpaired) electrons. The van der Waals surface area contributed by atoms with E-state index in [0.717, 1.165) is 13.1 Å². The van der Waals surface area contributed by atoms with Crippen LogP contribution in [0.25, 0.3) is 10.9 Å². The molecule has 26 heavy (non-hydrogen) atoms. The van der Waals surface area contributed by atoms with Gasteiger partial charge in [-0.2, -0.15) is 0 Å². The summed E-state index contributed by atoms with van der Waals surface area (Å²) < 4.78 is 1.59. The van der Waals surface area contributed by atoms with Crippen molar-refractivity contribution in [2.24, 2.45) is 0 Å². The van der Waals surface area contributed by atoms with Crippen LogP contribution in [0.15, 0.2) is 29.1 Å². The molecule has 0 bridgehead atoms. The zero-order valence-corrected chi connectivity index (χ0v) is 15.7. The fraction of sp³-hybridized carbons (Fsp3) is 0.550. The molecule has 0 saturated carbocycles. The number of carbonyl (C=O) groups excluding carboxylic acids is 1. The van der Waals surface area contributed by atoms with E-state index >= 15 is 0 Å². The molecule has 2 aromatic rings. The predicted octanol–water partition coefficient (Wildman–Crippen LogP) is 2.09. The Morgan fingerprint density at radius 1 is 1.27 bits per heavy atom. The summed E-state index contributed by atoms with van der Waals surface area (Å²) in [4.78, 5) is 31.7. The average Bonchev–Trinajstić information content (AvgIpc) is 2.63. The number of likely N-dealkylation sites (tertiary alicyclic amines) is 1. The third-order valence-corrected chi connectivity index (χ3v) is 5.28. The van der Waals surface area contributed by atoms with Crippen LogP contribution in [0, 0.1) is 6.92 Å². The predicted molar refractivity (Wildman–Crippen MR) is 103 cm³/mol. The maximum atomic E-state index is 12.6. The number of hydrogen-bond acceptors (Lipinski definition) is 4. The normalized spacial score (nSPS) is 18.2. The fourth-order valence-corrected chi connectivity index (χ4v) is 3.67. The quantitative estimate of drug-likeness (QED) is 0.861. The maximum absolute atomic E-state index is 12.6. The number of nitrogens with zero attached hydrogens (tertiary/aromatic N) is 3. The number of carbonyl (C=O) groups is 1. The van der Waals surface area contributed by atoms with Crippen molar-refractivity contribution in [3.8, 4) is 0 Å². The molecular formula is C20H28N4O2. The van der Waals surface area contributed by atoms with Crippen molar-refractivity contribution in [3.63, 3.8) is 0 Å². The molecule has 1 aromatic heterocycles. The highest BCUT2D eigenvalue weighted by atomic mass is 16.1. The summed E-state index contributed by atoms with van der Waals surface area (Å²) in [6.45, 7) is 7.09. The van der Waals surface area contributed by atoms with Crippen LogP contribution in [-0.2, 0) is 11.3 Å². The lowest BCUT2D eigenvalue weighted by atomic mass is 10.0. The van der Waals surface area contributed by atoms with Crippen LogP contribution in [-0.4, -0.2) is 46.0 Å². The van der Waals surface area contributed by atoms with Crippen molar-refractivity contribution in [1.82, 2.24) is 19.8 Å². The molecule has 0 unspecified atom stereocenters. The van der Waals surface area contributed by atoms with E-state index in [4.69, 9.17) is 0 Å². The first-order chi connectivity index (χ1) is 12.6. The molecule has 0 aliphatic carbocycles. The van der Waals surface area contributed by atoms with E-state index in [1.165, 1.54) is 19.3 Å². The highest BCUT2D eigenvalue weighted by Gasteiger charge is 2.17. The van der Waals surface area contributed by atoms with Gasteiger partial charge in [-0.3, -0.25) is 19.1 Å². The number of benzene rings is 1. The minimum Gasteiger partial charge on any atom is -0.355 e. The summed E-state index contributed by atoms with van der Waals surface area (Å²) in [7, 11) is 0. The van der Waals surface area contributed by atoms with Gasteiger partial charge in [0, 0.05) is 32.1 Å². The number of amides is 1. The molecule has 0 spiro atoms. The lowest BCUT2D eigenvalue weighted by molar-refractivity contribution is -0.121. The van der Waals surface area contributed by atoms with E-state index in [1.54, 1.807) is 10.6 Å². The molecule has 1 fully saturated rings. The van der Waals surface area contributed by atoms with Crippen LogP contribution in [0.2, 0.25) is 0 Å². The zero-order valence-electron chi connectivity index (χ0n) is 15.7. The lowest BCUT2D eigenvalue weighted by Crippen LogP contribution is -2.42. The number of aromatic nitrogens is 2. The number of hydrogen-bond donors (Lipinski definition) is 1. The lowest BCUT2D eigenvalue weighted by Gasteiger charge is -2.33. The van der Waals surface area contributed by atoms with Gasteiger partial charge in [-0.15, -0.1) is 0 Å². The van der Waals surface area contributed by atoms with Gasteiger partial charge in [0.2, 0.25) is 5.91 Å². The summed E-state index contributed by atoms with van der Waals surface area (Å²) >= 11 is 0. The second kappa shape index (κ2) is 8.45. The van der Waals surface area contributed by atoms with Crippen LogP contribution in [0.4, 0.5) is 0 Å². The SMILES string of the molecule is Cc1nc2ccccc2c(=O)n1CCC(=O)NCCN1CCCC[C@@H]1C. The monoisotopic (exact) mass is 356 g/mol. The summed E-state index contributed by atoms with van der Waals surface area (Å²) in [5.74, 6) is 0.623. The van der Waals surface area contributed by atoms with Gasteiger partial charge < -0.3 is 5.32 Å². The standard InChI is InChI=1S/C20H28N4O2/c1-15-7-5-6-12-23(15)14-11-21-19(25)10-13-24-16(2)22-18-9-4-3-8-17(18)20(24)26/h3-4,8-9,15H,5-7,10-14H2,1-2H3,(H,21,25)/t15-/m0/s1. The Morgan fingerprint density at radius 2 is 2.08 bits per heavy atom. The Kier molecular flexibility index (Phi) is 6.04. The number of aryl methyl sites for hydroxylation is 1. The van der Waals surface area contributed by atoms with Gasteiger partial charge >= 0.3 is 0 Å². The van der Waals surface area contributed by atoms with Crippen LogP contribution >= 0.6 is 0 Å². The molecule has 6 nitrogen and oxygen atoms in total. The first kappa shape index (κ1) is 18.6. The molecule has 2 heterocycles. The number of nitrogens with one attached hydrogen (secondary N) is 1. The molecule has 1 saturated heterocycles. The molecule has 3 rings (SSSR count). The summed E-state index contributed by atoms with van der Waals surface area (Å²) in [6, 6.07) is 7.92. The molecule has 1 amide bonds. The number of piperidine rings is 1. The van der Waals surface area contributed by atoms with E-state index in [2.05, 4.69) is 22.1 Å². The molecule has 1 aliphatic rings. The first-order valence-electron chi connectivity index (χ1n) is 9.53. The van der Waals surface area contributed by atoms with E-state index in [0.29, 0.717) is 35.9 Å². The van der Waals surface area contributed by atoms with Gasteiger partial charge in [0.25, 0.3) is 5.56 Å². The van der Waals surface area contributed by atoms with Crippen molar-refractivity contribution >= 4 is 16.8 Å². The van der Waals surface area contributed by atoms with Crippen molar-refractivity contribution in [3.05, 3.63) is 40.4 Å².